The second kappa shape index (κ2) is 3.88. The quantitative estimate of drug-likeness (QED) is 0.431. The molecule has 2 unspecified atom stereocenters. The molecule has 1 aliphatic rings. The van der Waals surface area contributed by atoms with Crippen molar-refractivity contribution < 1.29 is 4.74 Å². The summed E-state index contributed by atoms with van der Waals surface area (Å²) >= 11 is 0. The second-order valence-electron chi connectivity index (χ2n) is 2.57. The molecular formula is C6H15N3O. The fourth-order valence-electron chi connectivity index (χ4n) is 1.05. The molecule has 0 aromatic heterocycles. The minimum Gasteiger partial charge on any atom is -0.378 e. The maximum absolute atomic E-state index is 5.44. The molecule has 5 N–H and O–H groups in total. The molecule has 1 saturated heterocycles. The SMILES string of the molecule is NCC1COCC(CN)N1. The molecule has 60 valence electrons. The Bertz CT molecular complexity index is 89.0. The summed E-state index contributed by atoms with van der Waals surface area (Å²) in [4.78, 5) is 0. The van der Waals surface area contributed by atoms with Crippen LogP contribution in [-0.4, -0.2) is 38.4 Å². The highest BCUT2D eigenvalue weighted by atomic mass is 16.5. The predicted molar refractivity (Wildman–Crippen MR) is 39.6 cm³/mol. The monoisotopic (exact) mass is 145 g/mol. The second-order valence-corrected chi connectivity index (χ2v) is 2.57. The van der Waals surface area contributed by atoms with Crippen molar-refractivity contribution in [2.24, 2.45) is 11.5 Å². The average molecular weight is 145 g/mol. The topological polar surface area (TPSA) is 73.3 Å². The first-order chi connectivity index (χ1) is 4.86. The molecule has 0 aromatic carbocycles. The average Bonchev–Trinajstić information content (AvgIpc) is 2.05. The van der Waals surface area contributed by atoms with Gasteiger partial charge in [0.25, 0.3) is 0 Å². The Morgan fingerprint density at radius 3 is 2.10 bits per heavy atom. The molecule has 10 heavy (non-hydrogen) atoms. The van der Waals surface area contributed by atoms with E-state index in [1.165, 1.54) is 0 Å². The van der Waals surface area contributed by atoms with Crippen LogP contribution in [0.1, 0.15) is 0 Å². The van der Waals surface area contributed by atoms with Crippen LogP contribution >= 0.6 is 0 Å². The maximum atomic E-state index is 5.44. The van der Waals surface area contributed by atoms with Crippen LogP contribution in [0.5, 0.6) is 0 Å². The van der Waals surface area contributed by atoms with Crippen LogP contribution in [0, 0.1) is 0 Å². The molecule has 1 rings (SSSR count). The molecular weight excluding hydrogens is 130 g/mol. The highest BCUT2D eigenvalue weighted by molar-refractivity contribution is 4.79. The summed E-state index contributed by atoms with van der Waals surface area (Å²) in [6.45, 7) is 2.67. The zero-order valence-electron chi connectivity index (χ0n) is 6.05. The van der Waals surface area contributed by atoms with Crippen LogP contribution in [-0.2, 0) is 4.74 Å². The Labute approximate surface area is 60.9 Å². The molecule has 2 atom stereocenters. The molecule has 1 fully saturated rings. The van der Waals surface area contributed by atoms with Crippen molar-refractivity contribution in [1.29, 1.82) is 0 Å². The lowest BCUT2D eigenvalue weighted by molar-refractivity contribution is 0.0504. The number of rotatable bonds is 2. The largest absolute Gasteiger partial charge is 0.378 e. The van der Waals surface area contributed by atoms with Crippen molar-refractivity contribution in [2.75, 3.05) is 26.3 Å². The number of hydrogen-bond acceptors (Lipinski definition) is 4. The highest BCUT2D eigenvalue weighted by Gasteiger charge is 2.18. The Morgan fingerprint density at radius 2 is 1.70 bits per heavy atom. The molecule has 0 bridgehead atoms. The number of hydrogen-bond donors (Lipinski definition) is 3. The van der Waals surface area contributed by atoms with Crippen molar-refractivity contribution in [2.45, 2.75) is 12.1 Å². The minimum absolute atomic E-state index is 0.294. The van der Waals surface area contributed by atoms with Gasteiger partial charge in [0.05, 0.1) is 13.2 Å². The van der Waals surface area contributed by atoms with Crippen LogP contribution in [0.15, 0.2) is 0 Å². The number of ether oxygens (including phenoxy) is 1. The van der Waals surface area contributed by atoms with E-state index in [0.717, 1.165) is 0 Å². The third-order valence-corrected chi connectivity index (χ3v) is 1.68. The van der Waals surface area contributed by atoms with Crippen molar-refractivity contribution in [1.82, 2.24) is 5.32 Å². The maximum Gasteiger partial charge on any atom is 0.0632 e. The van der Waals surface area contributed by atoms with Gasteiger partial charge in [-0.3, -0.25) is 0 Å². The lowest BCUT2D eigenvalue weighted by Gasteiger charge is -2.29. The third kappa shape index (κ3) is 1.91. The smallest absolute Gasteiger partial charge is 0.0632 e. The van der Waals surface area contributed by atoms with Gasteiger partial charge in [0.15, 0.2) is 0 Å². The molecule has 0 amide bonds. The standard InChI is InChI=1S/C6H15N3O/c7-1-5-3-10-4-6(2-8)9-5/h5-6,9H,1-4,7-8H2. The summed E-state index contributed by atoms with van der Waals surface area (Å²) in [5.74, 6) is 0. The van der Waals surface area contributed by atoms with Gasteiger partial charge in [0, 0.05) is 25.2 Å². The highest BCUT2D eigenvalue weighted by Crippen LogP contribution is 1.96. The molecule has 4 nitrogen and oxygen atoms in total. The molecule has 0 radical (unpaired) electrons. The van der Waals surface area contributed by atoms with E-state index in [4.69, 9.17) is 16.2 Å². The normalized spacial score (nSPS) is 34.2. The number of morpholine rings is 1. The van der Waals surface area contributed by atoms with E-state index in [-0.39, 0.29) is 0 Å². The molecule has 0 spiro atoms. The van der Waals surface area contributed by atoms with Gasteiger partial charge in [-0.1, -0.05) is 0 Å². The lowest BCUT2D eigenvalue weighted by atomic mass is 10.2. The predicted octanol–water partition coefficient (Wildman–Crippen LogP) is -1.74. The van der Waals surface area contributed by atoms with Gasteiger partial charge in [-0.05, 0) is 0 Å². The van der Waals surface area contributed by atoms with E-state index in [0.29, 0.717) is 38.4 Å². The van der Waals surface area contributed by atoms with Crippen molar-refractivity contribution in [3.63, 3.8) is 0 Å². The summed E-state index contributed by atoms with van der Waals surface area (Å²) in [5, 5.41) is 3.28. The van der Waals surface area contributed by atoms with E-state index in [9.17, 15) is 0 Å². The van der Waals surface area contributed by atoms with Gasteiger partial charge in [-0.15, -0.1) is 0 Å². The molecule has 1 aliphatic heterocycles. The Hall–Kier alpha value is -0.160. The third-order valence-electron chi connectivity index (χ3n) is 1.68. The van der Waals surface area contributed by atoms with Gasteiger partial charge < -0.3 is 21.5 Å². The van der Waals surface area contributed by atoms with Crippen LogP contribution in [0.3, 0.4) is 0 Å². The first-order valence-electron chi connectivity index (χ1n) is 3.60. The molecule has 1 heterocycles. The summed E-state index contributed by atoms with van der Waals surface area (Å²) < 4.78 is 5.25. The Morgan fingerprint density at radius 1 is 1.20 bits per heavy atom. The van der Waals surface area contributed by atoms with Gasteiger partial charge >= 0.3 is 0 Å². The minimum atomic E-state index is 0.294. The van der Waals surface area contributed by atoms with Gasteiger partial charge in [-0.2, -0.15) is 0 Å². The summed E-state index contributed by atoms with van der Waals surface area (Å²) in [6.07, 6.45) is 0. The number of nitrogens with one attached hydrogen (secondary N) is 1. The zero-order valence-corrected chi connectivity index (χ0v) is 6.05. The van der Waals surface area contributed by atoms with E-state index in [1.807, 2.05) is 0 Å². The van der Waals surface area contributed by atoms with Crippen molar-refractivity contribution in [3.8, 4) is 0 Å². The zero-order chi connectivity index (χ0) is 7.40. The fourth-order valence-corrected chi connectivity index (χ4v) is 1.05. The Balaban J connectivity index is 2.25. The van der Waals surface area contributed by atoms with Crippen molar-refractivity contribution >= 4 is 0 Å². The van der Waals surface area contributed by atoms with E-state index in [2.05, 4.69) is 5.32 Å². The Kier molecular flexibility index (Phi) is 3.08. The first kappa shape index (κ1) is 7.94. The molecule has 4 heteroatoms. The van der Waals surface area contributed by atoms with Crippen LogP contribution in [0.2, 0.25) is 0 Å². The molecule has 0 aliphatic carbocycles. The lowest BCUT2D eigenvalue weighted by Crippen LogP contribution is -2.54. The van der Waals surface area contributed by atoms with Gasteiger partial charge in [-0.25, -0.2) is 0 Å². The van der Waals surface area contributed by atoms with E-state index >= 15 is 0 Å². The first-order valence-corrected chi connectivity index (χ1v) is 3.60. The molecule has 0 aromatic rings. The van der Waals surface area contributed by atoms with Crippen LogP contribution < -0.4 is 16.8 Å². The van der Waals surface area contributed by atoms with Crippen molar-refractivity contribution in [3.05, 3.63) is 0 Å². The molecule has 0 saturated carbocycles. The van der Waals surface area contributed by atoms with E-state index < -0.39 is 0 Å². The van der Waals surface area contributed by atoms with Gasteiger partial charge in [0.2, 0.25) is 0 Å². The van der Waals surface area contributed by atoms with Crippen LogP contribution in [0.25, 0.3) is 0 Å². The summed E-state index contributed by atoms with van der Waals surface area (Å²) in [6, 6.07) is 0.588. The van der Waals surface area contributed by atoms with E-state index in [1.54, 1.807) is 0 Å². The number of nitrogens with two attached hydrogens (primary N) is 2. The summed E-state index contributed by atoms with van der Waals surface area (Å²) in [7, 11) is 0. The summed E-state index contributed by atoms with van der Waals surface area (Å²) in [5.41, 5.74) is 10.9. The van der Waals surface area contributed by atoms with Gasteiger partial charge in [0.1, 0.15) is 0 Å². The fraction of sp³-hybridized carbons (Fsp3) is 1.00. The van der Waals surface area contributed by atoms with Crippen LogP contribution in [0.4, 0.5) is 0 Å².